The fourth-order valence-electron chi connectivity index (χ4n) is 3.38. The van der Waals surface area contributed by atoms with Gasteiger partial charge in [0, 0.05) is 24.9 Å². The third-order valence-corrected chi connectivity index (χ3v) is 4.69. The Morgan fingerprint density at radius 2 is 1.82 bits per heavy atom. The van der Waals surface area contributed by atoms with Gasteiger partial charge in [-0.15, -0.1) is 0 Å². The Morgan fingerprint density at radius 3 is 2.36 bits per heavy atom. The fourth-order valence-corrected chi connectivity index (χ4v) is 3.38. The summed E-state index contributed by atoms with van der Waals surface area (Å²) >= 11 is 0. The molecule has 1 aliphatic heterocycles. The Bertz CT molecular complexity index is 472. The first-order valence-electron chi connectivity index (χ1n) is 8.17. The zero-order chi connectivity index (χ0) is 16.5. The second-order valence-electron chi connectivity index (χ2n) is 7.83. The van der Waals surface area contributed by atoms with Crippen molar-refractivity contribution in [3.05, 3.63) is 0 Å². The van der Waals surface area contributed by atoms with E-state index in [4.69, 9.17) is 4.74 Å². The highest BCUT2D eigenvalue weighted by Crippen LogP contribution is 2.41. The van der Waals surface area contributed by atoms with Gasteiger partial charge in [-0.05, 0) is 33.6 Å². The van der Waals surface area contributed by atoms with Crippen LogP contribution in [0.2, 0.25) is 0 Å². The minimum absolute atomic E-state index is 0.0169. The molecule has 2 rings (SSSR count). The molecule has 5 heteroatoms. The maximum absolute atomic E-state index is 12.8. The molecule has 0 radical (unpaired) electrons. The van der Waals surface area contributed by atoms with Crippen molar-refractivity contribution in [2.75, 3.05) is 13.1 Å². The van der Waals surface area contributed by atoms with E-state index in [0.717, 1.165) is 25.7 Å². The first-order valence-corrected chi connectivity index (χ1v) is 8.17. The van der Waals surface area contributed by atoms with Crippen LogP contribution in [0.3, 0.4) is 0 Å². The lowest BCUT2D eigenvalue weighted by atomic mass is 9.75. The molecule has 1 saturated carbocycles. The van der Waals surface area contributed by atoms with Gasteiger partial charge in [-0.2, -0.15) is 0 Å². The number of piperidine rings is 1. The number of hydrogen-bond acceptors (Lipinski definition) is 4. The molecule has 0 aromatic heterocycles. The Labute approximate surface area is 132 Å². The van der Waals surface area contributed by atoms with Crippen molar-refractivity contribution < 1.29 is 19.1 Å². The molecule has 0 aromatic rings. The molecule has 1 aliphatic carbocycles. The van der Waals surface area contributed by atoms with Gasteiger partial charge in [0.15, 0.2) is 5.78 Å². The molecule has 0 spiro atoms. The lowest BCUT2D eigenvalue weighted by Gasteiger charge is -2.35. The zero-order valence-electron chi connectivity index (χ0n) is 14.1. The summed E-state index contributed by atoms with van der Waals surface area (Å²) in [4.78, 5) is 38.7. The van der Waals surface area contributed by atoms with Crippen molar-refractivity contribution in [2.45, 2.75) is 65.4 Å². The monoisotopic (exact) mass is 309 g/mol. The molecule has 22 heavy (non-hydrogen) atoms. The van der Waals surface area contributed by atoms with Crippen LogP contribution in [-0.2, 0) is 14.3 Å². The van der Waals surface area contributed by atoms with E-state index in [1.807, 2.05) is 27.7 Å². The van der Waals surface area contributed by atoms with Gasteiger partial charge in [-0.3, -0.25) is 9.59 Å². The minimum atomic E-state index is -0.677. The molecule has 1 saturated heterocycles. The minimum Gasteiger partial charge on any atom is -0.444 e. The van der Waals surface area contributed by atoms with Gasteiger partial charge in [-0.25, -0.2) is 4.79 Å². The largest absolute Gasteiger partial charge is 0.444 e. The number of carbonyl (C=O) groups is 3. The topological polar surface area (TPSA) is 63.7 Å². The molecule has 2 fully saturated rings. The summed E-state index contributed by atoms with van der Waals surface area (Å²) in [7, 11) is 0. The molecule has 1 unspecified atom stereocenters. The van der Waals surface area contributed by atoms with Crippen molar-refractivity contribution in [2.24, 2.45) is 11.3 Å². The first-order chi connectivity index (χ1) is 10.1. The number of rotatable bonds is 2. The van der Waals surface area contributed by atoms with E-state index in [2.05, 4.69) is 0 Å². The number of Topliss-reactive ketones (excluding diaryl/α,β-unsaturated/α-hetero) is 2. The smallest absolute Gasteiger partial charge is 0.410 e. The second-order valence-corrected chi connectivity index (χ2v) is 7.83. The maximum atomic E-state index is 12.8. The van der Waals surface area contributed by atoms with Crippen LogP contribution in [0.5, 0.6) is 0 Å². The van der Waals surface area contributed by atoms with Crippen LogP contribution in [0.4, 0.5) is 4.79 Å². The van der Waals surface area contributed by atoms with E-state index in [0.29, 0.717) is 6.54 Å². The Hall–Kier alpha value is -1.39. The SMILES string of the molecule is CC(C)(C)OC(=O)N1CCC(=O)C(C(=O)C2(C)CCCC2)C1. The number of likely N-dealkylation sites (tertiary alicyclic amines) is 1. The molecular formula is C17H27NO4. The van der Waals surface area contributed by atoms with E-state index in [9.17, 15) is 14.4 Å². The fraction of sp³-hybridized carbons (Fsp3) is 0.824. The summed E-state index contributed by atoms with van der Waals surface area (Å²) in [6.07, 6.45) is 3.59. The van der Waals surface area contributed by atoms with Crippen molar-refractivity contribution in [3.63, 3.8) is 0 Å². The summed E-state index contributed by atoms with van der Waals surface area (Å²) in [6.45, 7) is 7.89. The van der Waals surface area contributed by atoms with E-state index in [-0.39, 0.29) is 24.5 Å². The average molecular weight is 309 g/mol. The van der Waals surface area contributed by atoms with Gasteiger partial charge >= 0.3 is 6.09 Å². The molecule has 0 bridgehead atoms. The quantitative estimate of drug-likeness (QED) is 0.736. The van der Waals surface area contributed by atoms with Crippen molar-refractivity contribution >= 4 is 17.7 Å². The molecule has 124 valence electrons. The number of amides is 1. The van der Waals surface area contributed by atoms with E-state index >= 15 is 0 Å². The predicted octanol–water partition coefficient (Wildman–Crippen LogP) is 2.96. The summed E-state index contributed by atoms with van der Waals surface area (Å²) in [5.74, 6) is -0.689. The number of ketones is 2. The molecule has 1 atom stereocenters. The number of carbonyl (C=O) groups excluding carboxylic acids is 3. The molecule has 0 N–H and O–H groups in total. The van der Waals surface area contributed by atoms with Crippen molar-refractivity contribution in [1.82, 2.24) is 4.90 Å². The Kier molecular flexibility index (Phi) is 4.64. The van der Waals surface area contributed by atoms with Gasteiger partial charge in [0.25, 0.3) is 0 Å². The Balaban J connectivity index is 2.06. The van der Waals surface area contributed by atoms with Crippen LogP contribution in [0.15, 0.2) is 0 Å². The second kappa shape index (κ2) is 6.01. The van der Waals surface area contributed by atoms with Gasteiger partial charge in [0.05, 0.1) is 5.92 Å². The number of nitrogens with zero attached hydrogens (tertiary/aromatic N) is 1. The standard InChI is InChI=1S/C17H27NO4/c1-16(2,3)22-15(21)18-10-7-13(19)12(11-18)14(20)17(4)8-5-6-9-17/h12H,5-11H2,1-4H3. The molecule has 0 aromatic carbocycles. The van der Waals surface area contributed by atoms with Crippen molar-refractivity contribution in [3.8, 4) is 0 Å². The highest BCUT2D eigenvalue weighted by molar-refractivity contribution is 6.06. The highest BCUT2D eigenvalue weighted by atomic mass is 16.6. The van der Waals surface area contributed by atoms with Gasteiger partial charge in [0.1, 0.15) is 11.4 Å². The van der Waals surface area contributed by atoms with Gasteiger partial charge in [0.2, 0.25) is 0 Å². The average Bonchev–Trinajstić information content (AvgIpc) is 2.84. The summed E-state index contributed by atoms with van der Waals surface area (Å²) in [6, 6.07) is 0. The first kappa shape index (κ1) is 17.0. The van der Waals surface area contributed by atoms with E-state index in [1.54, 1.807) is 0 Å². The molecular weight excluding hydrogens is 282 g/mol. The van der Waals surface area contributed by atoms with Crippen LogP contribution in [0.1, 0.15) is 59.8 Å². The van der Waals surface area contributed by atoms with Crippen LogP contribution in [0, 0.1) is 11.3 Å². The third kappa shape index (κ3) is 3.68. The number of ether oxygens (including phenoxy) is 1. The van der Waals surface area contributed by atoms with Gasteiger partial charge < -0.3 is 9.64 Å². The lowest BCUT2D eigenvalue weighted by Crippen LogP contribution is -2.50. The summed E-state index contributed by atoms with van der Waals surface area (Å²) in [5.41, 5.74) is -0.966. The normalized spacial score (nSPS) is 25.2. The summed E-state index contributed by atoms with van der Waals surface area (Å²) < 4.78 is 5.36. The number of hydrogen-bond donors (Lipinski definition) is 0. The molecule has 2 aliphatic rings. The zero-order valence-corrected chi connectivity index (χ0v) is 14.1. The molecule has 1 heterocycles. The summed E-state index contributed by atoms with van der Waals surface area (Å²) in [5, 5.41) is 0. The van der Waals surface area contributed by atoms with Crippen LogP contribution in [-0.4, -0.2) is 41.3 Å². The molecule has 1 amide bonds. The van der Waals surface area contributed by atoms with E-state index < -0.39 is 23.0 Å². The van der Waals surface area contributed by atoms with Crippen LogP contribution < -0.4 is 0 Å². The predicted molar refractivity (Wildman–Crippen MR) is 82.5 cm³/mol. The van der Waals surface area contributed by atoms with Gasteiger partial charge in [-0.1, -0.05) is 19.8 Å². The highest BCUT2D eigenvalue weighted by Gasteiger charge is 2.45. The van der Waals surface area contributed by atoms with Crippen LogP contribution in [0.25, 0.3) is 0 Å². The van der Waals surface area contributed by atoms with E-state index in [1.165, 1.54) is 4.90 Å². The third-order valence-electron chi connectivity index (χ3n) is 4.69. The maximum Gasteiger partial charge on any atom is 0.410 e. The van der Waals surface area contributed by atoms with Crippen molar-refractivity contribution in [1.29, 1.82) is 0 Å². The Morgan fingerprint density at radius 1 is 1.23 bits per heavy atom. The van der Waals surface area contributed by atoms with Crippen LogP contribution >= 0.6 is 0 Å². The molecule has 5 nitrogen and oxygen atoms in total. The lowest BCUT2D eigenvalue weighted by molar-refractivity contribution is -0.141.